The Morgan fingerprint density at radius 1 is 0.500 bits per heavy atom. The molecule has 100 valence electrons. The summed E-state index contributed by atoms with van der Waals surface area (Å²) in [6, 6.07) is 0. The van der Waals surface area contributed by atoms with Crippen molar-refractivity contribution in [3.8, 4) is 0 Å². The van der Waals surface area contributed by atoms with E-state index in [0.717, 1.165) is 52.4 Å². The molecule has 0 aliphatic rings. The van der Waals surface area contributed by atoms with E-state index in [0.29, 0.717) is 0 Å². The predicted octanol–water partition coefficient (Wildman–Crippen LogP) is 0.411. The van der Waals surface area contributed by atoms with Crippen molar-refractivity contribution in [1.29, 1.82) is 0 Å². The van der Waals surface area contributed by atoms with Gasteiger partial charge < -0.3 is 21.3 Å². The van der Waals surface area contributed by atoms with Crippen molar-refractivity contribution in [2.45, 2.75) is 27.7 Å². The fraction of sp³-hybridized carbons (Fsp3) is 1.00. The number of rotatable bonds is 11. The van der Waals surface area contributed by atoms with Gasteiger partial charge >= 0.3 is 0 Å². The van der Waals surface area contributed by atoms with Crippen LogP contribution in [0.5, 0.6) is 0 Å². The molecule has 0 bridgehead atoms. The second kappa shape index (κ2) is 20.3. The lowest BCUT2D eigenvalue weighted by Gasteiger charge is -2.06. The third kappa shape index (κ3) is 19.4. The predicted molar refractivity (Wildman–Crippen MR) is 74.2 cm³/mol. The SMILES string of the molecule is CC.CCNCCNCCNCCNCC. The van der Waals surface area contributed by atoms with Gasteiger partial charge in [-0.25, -0.2) is 0 Å². The molecule has 0 saturated heterocycles. The molecule has 0 saturated carbocycles. The summed E-state index contributed by atoms with van der Waals surface area (Å²) in [6.45, 7) is 16.7. The van der Waals surface area contributed by atoms with Gasteiger partial charge in [0.15, 0.2) is 0 Å². The molecule has 0 aromatic rings. The van der Waals surface area contributed by atoms with E-state index in [4.69, 9.17) is 0 Å². The summed E-state index contributed by atoms with van der Waals surface area (Å²) in [5, 5.41) is 13.3. The summed E-state index contributed by atoms with van der Waals surface area (Å²) >= 11 is 0. The minimum Gasteiger partial charge on any atom is -0.316 e. The average Bonchev–Trinajstić information content (AvgIpc) is 2.34. The Bertz CT molecular complexity index is 87.0. The molecule has 4 nitrogen and oxygen atoms in total. The van der Waals surface area contributed by atoms with Crippen LogP contribution >= 0.6 is 0 Å². The summed E-state index contributed by atoms with van der Waals surface area (Å²) in [6.07, 6.45) is 0. The molecular formula is C12H32N4. The molecule has 0 aliphatic carbocycles. The van der Waals surface area contributed by atoms with Gasteiger partial charge in [0.25, 0.3) is 0 Å². The Labute approximate surface area is 102 Å². The van der Waals surface area contributed by atoms with E-state index >= 15 is 0 Å². The van der Waals surface area contributed by atoms with Gasteiger partial charge in [0.05, 0.1) is 0 Å². The van der Waals surface area contributed by atoms with Crippen LogP contribution in [0.1, 0.15) is 27.7 Å². The third-order valence-corrected chi connectivity index (χ3v) is 1.94. The van der Waals surface area contributed by atoms with Crippen molar-refractivity contribution in [2.24, 2.45) is 0 Å². The highest BCUT2D eigenvalue weighted by Gasteiger charge is 1.87. The van der Waals surface area contributed by atoms with Crippen LogP contribution in [0.25, 0.3) is 0 Å². The molecule has 0 rings (SSSR count). The maximum Gasteiger partial charge on any atom is 0.00772 e. The molecule has 0 aromatic carbocycles. The molecular weight excluding hydrogens is 200 g/mol. The van der Waals surface area contributed by atoms with Crippen molar-refractivity contribution < 1.29 is 0 Å². The van der Waals surface area contributed by atoms with Crippen molar-refractivity contribution in [2.75, 3.05) is 52.4 Å². The fourth-order valence-electron chi connectivity index (χ4n) is 1.13. The summed E-state index contributed by atoms with van der Waals surface area (Å²) in [5.41, 5.74) is 0. The minimum absolute atomic E-state index is 1.05. The lowest BCUT2D eigenvalue weighted by atomic mass is 10.5. The fourth-order valence-corrected chi connectivity index (χ4v) is 1.13. The number of hydrogen-bond donors (Lipinski definition) is 4. The van der Waals surface area contributed by atoms with E-state index in [1.165, 1.54) is 0 Å². The quantitative estimate of drug-likeness (QED) is 0.390. The maximum atomic E-state index is 3.37. The number of hydrogen-bond acceptors (Lipinski definition) is 4. The molecule has 16 heavy (non-hydrogen) atoms. The van der Waals surface area contributed by atoms with Gasteiger partial charge in [-0.15, -0.1) is 0 Å². The Morgan fingerprint density at radius 2 is 0.750 bits per heavy atom. The van der Waals surface area contributed by atoms with Gasteiger partial charge in [-0.05, 0) is 13.1 Å². The molecule has 0 atom stereocenters. The van der Waals surface area contributed by atoms with E-state index in [9.17, 15) is 0 Å². The molecule has 0 aliphatic heterocycles. The van der Waals surface area contributed by atoms with Crippen LogP contribution in [-0.4, -0.2) is 52.4 Å². The Balaban J connectivity index is 0. The second-order valence-corrected chi connectivity index (χ2v) is 3.21. The topological polar surface area (TPSA) is 48.1 Å². The molecule has 0 fully saturated rings. The molecule has 0 aromatic heterocycles. The van der Waals surface area contributed by atoms with Crippen molar-refractivity contribution >= 4 is 0 Å². The smallest absolute Gasteiger partial charge is 0.00772 e. The van der Waals surface area contributed by atoms with Crippen LogP contribution in [-0.2, 0) is 0 Å². The van der Waals surface area contributed by atoms with E-state index in [2.05, 4.69) is 35.1 Å². The first-order valence-corrected chi connectivity index (χ1v) is 6.74. The second-order valence-electron chi connectivity index (χ2n) is 3.21. The first kappa shape index (κ1) is 18.2. The Morgan fingerprint density at radius 3 is 1.00 bits per heavy atom. The molecule has 0 unspecified atom stereocenters. The zero-order valence-corrected chi connectivity index (χ0v) is 11.7. The summed E-state index contributed by atoms with van der Waals surface area (Å²) in [4.78, 5) is 0. The summed E-state index contributed by atoms with van der Waals surface area (Å²) in [7, 11) is 0. The van der Waals surface area contributed by atoms with Crippen LogP contribution < -0.4 is 21.3 Å². The van der Waals surface area contributed by atoms with E-state index in [1.54, 1.807) is 0 Å². The van der Waals surface area contributed by atoms with E-state index in [-0.39, 0.29) is 0 Å². The molecule has 0 amide bonds. The van der Waals surface area contributed by atoms with Gasteiger partial charge in [-0.1, -0.05) is 27.7 Å². The maximum absolute atomic E-state index is 3.37. The van der Waals surface area contributed by atoms with E-state index in [1.807, 2.05) is 13.8 Å². The highest BCUT2D eigenvalue weighted by Crippen LogP contribution is 1.62. The molecule has 4 N–H and O–H groups in total. The van der Waals surface area contributed by atoms with Gasteiger partial charge in [0.2, 0.25) is 0 Å². The Hall–Kier alpha value is -0.160. The van der Waals surface area contributed by atoms with Gasteiger partial charge in [-0.3, -0.25) is 0 Å². The molecule has 4 heteroatoms. The monoisotopic (exact) mass is 232 g/mol. The van der Waals surface area contributed by atoms with Gasteiger partial charge in [-0.2, -0.15) is 0 Å². The Kier molecular flexibility index (Phi) is 23.1. The highest BCUT2D eigenvalue weighted by molar-refractivity contribution is 4.55. The van der Waals surface area contributed by atoms with E-state index < -0.39 is 0 Å². The first-order valence-electron chi connectivity index (χ1n) is 6.74. The zero-order chi connectivity index (χ0) is 12.5. The normalized spacial score (nSPS) is 9.75. The van der Waals surface area contributed by atoms with Crippen LogP contribution in [0.2, 0.25) is 0 Å². The minimum atomic E-state index is 1.05. The van der Waals surface area contributed by atoms with Crippen molar-refractivity contribution in [1.82, 2.24) is 21.3 Å². The van der Waals surface area contributed by atoms with Gasteiger partial charge in [0, 0.05) is 39.3 Å². The average molecular weight is 232 g/mol. The highest BCUT2D eigenvalue weighted by atomic mass is 15.0. The number of likely N-dealkylation sites (N-methyl/N-ethyl adjacent to an activating group) is 2. The molecule has 0 radical (unpaired) electrons. The molecule has 0 spiro atoms. The standard InChI is InChI=1S/C10H26N4.C2H6/c1-3-11-5-7-13-9-10-14-8-6-12-4-2;1-2/h11-14H,3-10H2,1-2H3;1-2H3. The van der Waals surface area contributed by atoms with Crippen molar-refractivity contribution in [3.63, 3.8) is 0 Å². The lowest BCUT2D eigenvalue weighted by Crippen LogP contribution is -2.35. The zero-order valence-electron chi connectivity index (χ0n) is 11.7. The lowest BCUT2D eigenvalue weighted by molar-refractivity contribution is 0.574. The van der Waals surface area contributed by atoms with Crippen LogP contribution in [0.3, 0.4) is 0 Å². The van der Waals surface area contributed by atoms with Gasteiger partial charge in [0.1, 0.15) is 0 Å². The van der Waals surface area contributed by atoms with Crippen molar-refractivity contribution in [3.05, 3.63) is 0 Å². The van der Waals surface area contributed by atoms with Crippen LogP contribution in [0.4, 0.5) is 0 Å². The third-order valence-electron chi connectivity index (χ3n) is 1.94. The summed E-state index contributed by atoms with van der Waals surface area (Å²) in [5.74, 6) is 0. The van der Waals surface area contributed by atoms with Crippen LogP contribution in [0.15, 0.2) is 0 Å². The largest absolute Gasteiger partial charge is 0.316 e. The van der Waals surface area contributed by atoms with Crippen LogP contribution in [0, 0.1) is 0 Å². The summed E-state index contributed by atoms with van der Waals surface area (Å²) < 4.78 is 0. The number of nitrogens with one attached hydrogen (secondary N) is 4. The first-order chi connectivity index (χ1) is 7.91. The molecule has 0 heterocycles.